The van der Waals surface area contributed by atoms with Gasteiger partial charge in [0.25, 0.3) is 11.7 Å². The molecule has 2 aromatic carbocycles. The number of aliphatic hydroxyl groups is 1. The zero-order valence-electron chi connectivity index (χ0n) is 16.6. The van der Waals surface area contributed by atoms with Gasteiger partial charge in [0.05, 0.1) is 18.7 Å². The average molecular weight is 415 g/mol. The fraction of sp³-hybridized carbons (Fsp3) is 0.273. The minimum Gasteiger partial charge on any atom is -0.507 e. The Morgan fingerprint density at radius 2 is 1.86 bits per heavy atom. The fourth-order valence-electron chi connectivity index (χ4n) is 3.34. The maximum absolute atomic E-state index is 12.9. The molecule has 1 aliphatic heterocycles. The Kier molecular flexibility index (Phi) is 6.25. The number of carbonyl (C=O) groups excluding carboxylic acids is 2. The number of hydrogen-bond donors (Lipinski definition) is 1. The zero-order valence-corrected chi connectivity index (χ0v) is 17.3. The van der Waals surface area contributed by atoms with E-state index in [2.05, 4.69) is 0 Å². The molecular weight excluding hydrogens is 392 g/mol. The summed E-state index contributed by atoms with van der Waals surface area (Å²) in [7, 11) is 5.35. The summed E-state index contributed by atoms with van der Waals surface area (Å²) in [6.45, 7) is 0.928. The van der Waals surface area contributed by atoms with Gasteiger partial charge in [0.1, 0.15) is 11.5 Å². The van der Waals surface area contributed by atoms with Crippen molar-refractivity contribution < 1.29 is 19.4 Å². The monoisotopic (exact) mass is 414 g/mol. The SMILES string of the molecule is COc1ccc(C2/C(=C(/O)c3cccc(Cl)c3)C(=O)C(=O)N2CCN(C)C)cc1. The van der Waals surface area contributed by atoms with Crippen molar-refractivity contribution in [3.63, 3.8) is 0 Å². The molecule has 152 valence electrons. The summed E-state index contributed by atoms with van der Waals surface area (Å²) < 4.78 is 5.21. The molecule has 1 N–H and O–H groups in total. The van der Waals surface area contributed by atoms with Crippen molar-refractivity contribution in [3.8, 4) is 5.75 Å². The van der Waals surface area contributed by atoms with E-state index in [0.717, 1.165) is 0 Å². The lowest BCUT2D eigenvalue weighted by molar-refractivity contribution is -0.140. The second kappa shape index (κ2) is 8.68. The summed E-state index contributed by atoms with van der Waals surface area (Å²) in [5.74, 6) is -0.911. The quantitative estimate of drug-likeness (QED) is 0.446. The summed E-state index contributed by atoms with van der Waals surface area (Å²) in [6.07, 6.45) is 0. The van der Waals surface area contributed by atoms with Crippen molar-refractivity contribution in [2.24, 2.45) is 0 Å². The molecule has 1 aliphatic rings. The van der Waals surface area contributed by atoms with Crippen molar-refractivity contribution >= 4 is 29.1 Å². The van der Waals surface area contributed by atoms with Crippen LogP contribution in [0.4, 0.5) is 0 Å². The van der Waals surface area contributed by atoms with Gasteiger partial charge >= 0.3 is 0 Å². The number of benzene rings is 2. The molecule has 1 saturated heterocycles. The number of halogens is 1. The van der Waals surface area contributed by atoms with Crippen molar-refractivity contribution in [3.05, 3.63) is 70.3 Å². The summed E-state index contributed by atoms with van der Waals surface area (Å²) in [5, 5.41) is 11.4. The molecule has 1 heterocycles. The fourth-order valence-corrected chi connectivity index (χ4v) is 3.53. The highest BCUT2D eigenvalue weighted by Crippen LogP contribution is 2.39. The summed E-state index contributed by atoms with van der Waals surface area (Å²) in [4.78, 5) is 29.1. The molecule has 0 radical (unpaired) electrons. The number of nitrogens with zero attached hydrogens (tertiary/aromatic N) is 2. The second-order valence-electron chi connectivity index (χ2n) is 7.08. The minimum atomic E-state index is -0.706. The van der Waals surface area contributed by atoms with Crippen LogP contribution in [0.15, 0.2) is 54.1 Å². The number of rotatable bonds is 6. The number of hydrogen-bond acceptors (Lipinski definition) is 5. The van der Waals surface area contributed by atoms with E-state index >= 15 is 0 Å². The Labute approximate surface area is 174 Å². The largest absolute Gasteiger partial charge is 0.507 e. The van der Waals surface area contributed by atoms with E-state index in [-0.39, 0.29) is 11.3 Å². The van der Waals surface area contributed by atoms with Crippen LogP contribution in [0.2, 0.25) is 5.02 Å². The number of aliphatic hydroxyl groups excluding tert-OH is 1. The van der Waals surface area contributed by atoms with Gasteiger partial charge < -0.3 is 19.6 Å². The third-order valence-corrected chi connectivity index (χ3v) is 5.09. The number of methoxy groups -OCH3 is 1. The summed E-state index contributed by atoms with van der Waals surface area (Å²) in [5.41, 5.74) is 1.16. The third kappa shape index (κ3) is 4.28. The van der Waals surface area contributed by atoms with E-state index in [0.29, 0.717) is 35.0 Å². The highest BCUT2D eigenvalue weighted by molar-refractivity contribution is 6.46. The first-order chi connectivity index (χ1) is 13.8. The van der Waals surface area contributed by atoms with Gasteiger partial charge in [-0.15, -0.1) is 0 Å². The average Bonchev–Trinajstić information content (AvgIpc) is 2.96. The molecule has 0 saturated carbocycles. The molecule has 1 amide bonds. The van der Waals surface area contributed by atoms with Crippen LogP contribution in [0.5, 0.6) is 5.75 Å². The van der Waals surface area contributed by atoms with Gasteiger partial charge in [0.15, 0.2) is 0 Å². The Balaban J connectivity index is 2.13. The lowest BCUT2D eigenvalue weighted by atomic mass is 9.95. The van der Waals surface area contributed by atoms with Crippen LogP contribution in [-0.4, -0.2) is 60.9 Å². The van der Waals surface area contributed by atoms with E-state index in [9.17, 15) is 14.7 Å². The first-order valence-electron chi connectivity index (χ1n) is 9.16. The van der Waals surface area contributed by atoms with Crippen molar-refractivity contribution in [2.75, 3.05) is 34.3 Å². The van der Waals surface area contributed by atoms with Crippen LogP contribution in [-0.2, 0) is 9.59 Å². The normalized spacial score (nSPS) is 18.5. The summed E-state index contributed by atoms with van der Waals surface area (Å²) in [6, 6.07) is 13.0. The molecule has 0 bridgehead atoms. The van der Waals surface area contributed by atoms with Gasteiger partial charge in [-0.3, -0.25) is 9.59 Å². The molecule has 1 atom stereocenters. The highest BCUT2D eigenvalue weighted by atomic mass is 35.5. The molecule has 0 spiro atoms. The van der Waals surface area contributed by atoms with Crippen LogP contribution < -0.4 is 4.74 Å². The first kappa shape index (κ1) is 20.9. The van der Waals surface area contributed by atoms with Gasteiger partial charge in [-0.1, -0.05) is 35.9 Å². The molecule has 3 rings (SSSR count). The van der Waals surface area contributed by atoms with E-state index in [1.165, 1.54) is 4.90 Å². The molecule has 0 aliphatic carbocycles. The van der Waals surface area contributed by atoms with Crippen LogP contribution >= 0.6 is 11.6 Å². The molecular formula is C22H23ClN2O4. The molecule has 6 nitrogen and oxygen atoms in total. The zero-order chi connectivity index (χ0) is 21.1. The predicted octanol–water partition coefficient (Wildman–Crippen LogP) is 3.33. The smallest absolute Gasteiger partial charge is 0.295 e. The van der Waals surface area contributed by atoms with E-state index in [4.69, 9.17) is 16.3 Å². The van der Waals surface area contributed by atoms with E-state index in [1.54, 1.807) is 55.6 Å². The Morgan fingerprint density at radius 1 is 1.17 bits per heavy atom. The van der Waals surface area contributed by atoms with Gasteiger partial charge in [-0.25, -0.2) is 0 Å². The lowest BCUT2D eigenvalue weighted by Gasteiger charge is -2.26. The minimum absolute atomic E-state index is 0.0567. The molecule has 7 heteroatoms. The van der Waals surface area contributed by atoms with Crippen molar-refractivity contribution in [1.29, 1.82) is 0 Å². The van der Waals surface area contributed by atoms with Crippen LogP contribution in [0, 0.1) is 0 Å². The second-order valence-corrected chi connectivity index (χ2v) is 7.52. The number of amides is 1. The van der Waals surface area contributed by atoms with Gasteiger partial charge in [-0.2, -0.15) is 0 Å². The number of likely N-dealkylation sites (tertiary alicyclic amines) is 1. The number of ketones is 1. The van der Waals surface area contributed by atoms with E-state index in [1.807, 2.05) is 19.0 Å². The Hall–Kier alpha value is -2.83. The van der Waals surface area contributed by atoms with E-state index < -0.39 is 17.7 Å². The molecule has 0 aromatic heterocycles. The Bertz CT molecular complexity index is 954. The number of Topliss-reactive ketones (excluding diaryl/α,β-unsaturated/α-hetero) is 1. The number of carbonyl (C=O) groups is 2. The Morgan fingerprint density at radius 3 is 2.45 bits per heavy atom. The number of ether oxygens (including phenoxy) is 1. The van der Waals surface area contributed by atoms with Crippen LogP contribution in [0.1, 0.15) is 17.2 Å². The summed E-state index contributed by atoms with van der Waals surface area (Å²) >= 11 is 6.05. The molecule has 2 aromatic rings. The first-order valence-corrected chi connectivity index (χ1v) is 9.54. The predicted molar refractivity (Wildman–Crippen MR) is 112 cm³/mol. The van der Waals surface area contributed by atoms with Crippen LogP contribution in [0.25, 0.3) is 5.76 Å². The number of likely N-dealkylation sites (N-methyl/N-ethyl adjacent to an activating group) is 1. The standard InChI is InChI=1S/C22H23ClN2O4/c1-24(2)11-12-25-19(14-7-9-17(29-3)10-8-14)18(21(27)22(25)28)20(26)15-5-4-6-16(23)13-15/h4-10,13,19,26H,11-12H2,1-3H3/b20-18-. The van der Waals surface area contributed by atoms with Crippen molar-refractivity contribution in [2.45, 2.75) is 6.04 Å². The molecule has 1 unspecified atom stereocenters. The van der Waals surface area contributed by atoms with Gasteiger partial charge in [-0.05, 0) is 43.9 Å². The molecule has 1 fully saturated rings. The van der Waals surface area contributed by atoms with Crippen LogP contribution in [0.3, 0.4) is 0 Å². The lowest BCUT2D eigenvalue weighted by Crippen LogP contribution is -2.35. The topological polar surface area (TPSA) is 70.1 Å². The highest BCUT2D eigenvalue weighted by Gasteiger charge is 2.45. The molecule has 29 heavy (non-hydrogen) atoms. The third-order valence-electron chi connectivity index (χ3n) is 4.86. The van der Waals surface area contributed by atoms with Gasteiger partial charge in [0, 0.05) is 23.7 Å². The van der Waals surface area contributed by atoms with Gasteiger partial charge in [0.2, 0.25) is 0 Å². The maximum Gasteiger partial charge on any atom is 0.295 e. The maximum atomic E-state index is 12.9. The van der Waals surface area contributed by atoms with Crippen molar-refractivity contribution in [1.82, 2.24) is 9.80 Å².